The van der Waals surface area contributed by atoms with Crippen molar-refractivity contribution < 1.29 is 14.3 Å². The number of ether oxygens (including phenoxy) is 1. The van der Waals surface area contributed by atoms with E-state index in [9.17, 15) is 9.59 Å². The Bertz CT molecular complexity index is 545. The van der Waals surface area contributed by atoms with Crippen molar-refractivity contribution in [3.63, 3.8) is 0 Å². The zero-order valence-corrected chi connectivity index (χ0v) is 14.5. The van der Waals surface area contributed by atoms with Gasteiger partial charge in [-0.1, -0.05) is 23.2 Å². The molecule has 9 heteroatoms. The van der Waals surface area contributed by atoms with E-state index < -0.39 is 22.6 Å². The van der Waals surface area contributed by atoms with Crippen molar-refractivity contribution in [3.05, 3.63) is 28.2 Å². The van der Waals surface area contributed by atoms with Gasteiger partial charge >= 0.3 is 12.0 Å². The van der Waals surface area contributed by atoms with Gasteiger partial charge in [-0.15, -0.1) is 0 Å². The summed E-state index contributed by atoms with van der Waals surface area (Å²) in [5.41, 5.74) is 0.468. The molecule has 0 saturated heterocycles. The molecular weight excluding hydrogens is 355 g/mol. The lowest BCUT2D eigenvalue weighted by molar-refractivity contribution is -0.140. The van der Waals surface area contributed by atoms with Crippen LogP contribution in [0.5, 0.6) is 0 Å². The molecule has 0 aliphatic carbocycles. The van der Waals surface area contributed by atoms with Gasteiger partial charge in [0.2, 0.25) is 0 Å². The summed E-state index contributed by atoms with van der Waals surface area (Å²) < 4.78 is 4.56. The number of nitrogens with one attached hydrogen (secondary N) is 1. The first-order valence-corrected chi connectivity index (χ1v) is 7.49. The molecule has 116 valence electrons. The number of benzene rings is 1. The molecule has 2 amide bonds. The summed E-state index contributed by atoms with van der Waals surface area (Å²) in [6.07, 6.45) is 0. The summed E-state index contributed by atoms with van der Waals surface area (Å²) in [5.74, 6) is -0.576. The Morgan fingerprint density at radius 3 is 2.43 bits per heavy atom. The van der Waals surface area contributed by atoms with Gasteiger partial charge in [0.15, 0.2) is 0 Å². The lowest BCUT2D eigenvalue weighted by atomic mass is 10.3. The average molecular weight is 369 g/mol. The highest BCUT2D eigenvalue weighted by Crippen LogP contribution is 2.25. The van der Waals surface area contributed by atoms with Crippen LogP contribution in [0.2, 0.25) is 10.0 Å². The molecule has 0 aliphatic heterocycles. The van der Waals surface area contributed by atoms with E-state index in [4.69, 9.17) is 23.2 Å². The number of hydrogen-bond acceptors (Lipinski definition) is 5. The Hall–Kier alpha value is -0.760. The van der Waals surface area contributed by atoms with Gasteiger partial charge in [-0.3, -0.25) is 4.79 Å². The number of carbonyl (C=O) groups excluding carboxylic acids is 2. The minimum absolute atomic E-state index is 0.321. The summed E-state index contributed by atoms with van der Waals surface area (Å²) in [7, 11) is 2.72. The van der Waals surface area contributed by atoms with E-state index in [0.717, 1.165) is 0 Å². The van der Waals surface area contributed by atoms with Crippen LogP contribution < -0.4 is 5.32 Å². The first kappa shape index (κ1) is 18.3. The van der Waals surface area contributed by atoms with E-state index in [1.807, 2.05) is 0 Å². The third-order valence-electron chi connectivity index (χ3n) is 2.61. The molecule has 5 nitrogen and oxygen atoms in total. The second-order valence-electron chi connectivity index (χ2n) is 4.05. The third-order valence-corrected chi connectivity index (χ3v) is 4.73. The standard InChI is InChI=1S/C12H14Cl2N2O3S2/c1-16(10(21)9(20)11(17)19-2)12(18)15-6-3-4-7(13)8(14)5-6/h3-5,9-10,20-21H,1-2H3,(H,15,18). The van der Waals surface area contributed by atoms with Crippen molar-refractivity contribution in [3.8, 4) is 0 Å². The number of esters is 1. The highest BCUT2D eigenvalue weighted by atomic mass is 35.5. The van der Waals surface area contributed by atoms with Crippen LogP contribution in [0.1, 0.15) is 0 Å². The number of hydrogen-bond donors (Lipinski definition) is 3. The van der Waals surface area contributed by atoms with Gasteiger partial charge in [0, 0.05) is 12.7 Å². The van der Waals surface area contributed by atoms with Crippen LogP contribution in [0.25, 0.3) is 0 Å². The molecule has 0 aliphatic rings. The number of nitrogens with zero attached hydrogens (tertiary/aromatic N) is 1. The van der Waals surface area contributed by atoms with Crippen LogP contribution >= 0.6 is 48.5 Å². The Balaban J connectivity index is 2.74. The zero-order valence-electron chi connectivity index (χ0n) is 11.2. The number of methoxy groups -OCH3 is 1. The minimum Gasteiger partial charge on any atom is -0.468 e. The fraction of sp³-hybridized carbons (Fsp3) is 0.333. The minimum atomic E-state index is -0.872. The Labute approximate surface area is 143 Å². The van der Waals surface area contributed by atoms with Crippen LogP contribution in [0.15, 0.2) is 18.2 Å². The van der Waals surface area contributed by atoms with Crippen molar-refractivity contribution in [1.29, 1.82) is 0 Å². The third kappa shape index (κ3) is 4.88. The Kier molecular flexibility index (Phi) is 6.99. The molecule has 0 fully saturated rings. The number of rotatable bonds is 4. The zero-order chi connectivity index (χ0) is 16.2. The summed E-state index contributed by atoms with van der Waals surface area (Å²) in [4.78, 5) is 24.7. The maximum atomic E-state index is 12.1. The van der Waals surface area contributed by atoms with Gasteiger partial charge in [0.25, 0.3) is 0 Å². The van der Waals surface area contributed by atoms with Crippen LogP contribution in [0.4, 0.5) is 10.5 Å². The van der Waals surface area contributed by atoms with Crippen LogP contribution in [-0.2, 0) is 9.53 Å². The number of thiol groups is 2. The Morgan fingerprint density at radius 1 is 1.29 bits per heavy atom. The predicted molar refractivity (Wildman–Crippen MR) is 90.8 cm³/mol. The van der Waals surface area contributed by atoms with Crippen LogP contribution in [0.3, 0.4) is 0 Å². The molecule has 1 aromatic carbocycles. The lowest BCUT2D eigenvalue weighted by Crippen LogP contribution is -2.44. The van der Waals surface area contributed by atoms with E-state index in [0.29, 0.717) is 15.7 Å². The normalized spacial score (nSPS) is 13.2. The van der Waals surface area contributed by atoms with Crippen molar-refractivity contribution in [2.75, 3.05) is 19.5 Å². The molecule has 1 aromatic rings. The fourth-order valence-corrected chi connectivity index (χ4v) is 2.19. The van der Waals surface area contributed by atoms with Gasteiger partial charge in [0.1, 0.15) is 5.25 Å². The molecule has 0 radical (unpaired) electrons. The number of halogens is 2. The monoisotopic (exact) mass is 368 g/mol. The molecular formula is C12H14Cl2N2O3S2. The van der Waals surface area contributed by atoms with Crippen molar-refractivity contribution >= 4 is 66.1 Å². The largest absolute Gasteiger partial charge is 0.468 e. The van der Waals surface area contributed by atoms with Gasteiger partial charge in [-0.05, 0) is 18.2 Å². The van der Waals surface area contributed by atoms with Crippen molar-refractivity contribution in [1.82, 2.24) is 4.90 Å². The fourth-order valence-electron chi connectivity index (χ4n) is 1.36. The first-order chi connectivity index (χ1) is 9.77. The summed E-state index contributed by atoms with van der Waals surface area (Å²) in [6, 6.07) is 4.21. The number of urea groups is 1. The van der Waals surface area contributed by atoms with Crippen LogP contribution in [-0.4, -0.2) is 41.7 Å². The molecule has 2 atom stereocenters. The van der Waals surface area contributed by atoms with E-state index >= 15 is 0 Å². The number of carbonyl (C=O) groups is 2. The molecule has 0 saturated carbocycles. The van der Waals surface area contributed by atoms with Crippen LogP contribution in [0, 0.1) is 0 Å². The summed E-state index contributed by atoms with van der Waals surface area (Å²) in [6.45, 7) is 0. The van der Waals surface area contributed by atoms with Crippen molar-refractivity contribution in [2.24, 2.45) is 0 Å². The summed E-state index contributed by atoms with van der Waals surface area (Å²) in [5, 5.41) is 1.68. The number of anilines is 1. The quantitative estimate of drug-likeness (QED) is 0.434. The van der Waals surface area contributed by atoms with E-state index in [2.05, 4.69) is 35.3 Å². The number of amides is 2. The van der Waals surface area contributed by atoms with E-state index in [1.54, 1.807) is 12.1 Å². The molecule has 1 rings (SSSR count). The van der Waals surface area contributed by atoms with Crippen molar-refractivity contribution in [2.45, 2.75) is 10.6 Å². The molecule has 21 heavy (non-hydrogen) atoms. The smallest absolute Gasteiger partial charge is 0.322 e. The first-order valence-electron chi connectivity index (χ1n) is 5.70. The predicted octanol–water partition coefficient (Wildman–Crippen LogP) is 3.18. The Morgan fingerprint density at radius 2 is 1.90 bits per heavy atom. The second kappa shape index (κ2) is 8.03. The van der Waals surface area contributed by atoms with E-state index in [1.165, 1.54) is 25.1 Å². The van der Waals surface area contributed by atoms with Gasteiger partial charge in [-0.2, -0.15) is 25.3 Å². The molecule has 0 heterocycles. The highest BCUT2D eigenvalue weighted by Gasteiger charge is 2.29. The molecule has 2 unspecified atom stereocenters. The lowest BCUT2D eigenvalue weighted by Gasteiger charge is -2.27. The van der Waals surface area contributed by atoms with Gasteiger partial charge in [0.05, 0.1) is 22.5 Å². The average Bonchev–Trinajstić information content (AvgIpc) is 2.47. The molecule has 0 bridgehead atoms. The summed E-state index contributed by atoms with van der Waals surface area (Å²) >= 11 is 19.9. The second-order valence-corrected chi connectivity index (χ2v) is 5.95. The highest BCUT2D eigenvalue weighted by molar-refractivity contribution is 7.85. The molecule has 0 spiro atoms. The van der Waals surface area contributed by atoms with E-state index in [-0.39, 0.29) is 0 Å². The maximum Gasteiger partial charge on any atom is 0.322 e. The van der Waals surface area contributed by atoms with Gasteiger partial charge < -0.3 is 15.0 Å². The van der Waals surface area contributed by atoms with Gasteiger partial charge in [-0.25, -0.2) is 4.79 Å². The SMILES string of the molecule is COC(=O)C(S)C(S)N(C)C(=O)Nc1ccc(Cl)c(Cl)c1. The molecule has 1 N–H and O–H groups in total. The topological polar surface area (TPSA) is 58.6 Å². The maximum absolute atomic E-state index is 12.1. The molecule has 0 aromatic heterocycles.